The second-order valence-corrected chi connectivity index (χ2v) is 4.45. The molecular formula is C14H15N2NaO7. The van der Waals surface area contributed by atoms with Crippen LogP contribution in [0.15, 0.2) is 36.4 Å². The van der Waals surface area contributed by atoms with Gasteiger partial charge in [0.1, 0.15) is 0 Å². The number of carbonyl (C=O) groups is 2. The zero-order valence-corrected chi connectivity index (χ0v) is 15.1. The minimum atomic E-state index is -1.23. The summed E-state index contributed by atoms with van der Waals surface area (Å²) in [6.45, 7) is 0. The van der Waals surface area contributed by atoms with Gasteiger partial charge in [0.15, 0.2) is 0 Å². The monoisotopic (exact) mass is 346 g/mol. The Labute approximate surface area is 159 Å². The molecular weight excluding hydrogens is 331 g/mol. The van der Waals surface area contributed by atoms with Crippen molar-refractivity contribution in [3.05, 3.63) is 63.5 Å². The van der Waals surface area contributed by atoms with Gasteiger partial charge in [0, 0.05) is 42.8 Å². The fourth-order valence-electron chi connectivity index (χ4n) is 1.99. The van der Waals surface area contributed by atoms with Crippen molar-refractivity contribution in [1.29, 1.82) is 0 Å². The van der Waals surface area contributed by atoms with Crippen LogP contribution in [0.3, 0.4) is 0 Å². The summed E-state index contributed by atoms with van der Waals surface area (Å²) in [4.78, 5) is 32.9. The number of ketones is 1. The zero-order chi connectivity index (χ0) is 15.6. The van der Waals surface area contributed by atoms with Crippen molar-refractivity contribution in [3.63, 3.8) is 0 Å². The van der Waals surface area contributed by atoms with Crippen LogP contribution in [0.1, 0.15) is 21.7 Å². The van der Waals surface area contributed by atoms with E-state index in [4.69, 9.17) is 0 Å². The number of carbonyl (C=O) groups excluding carboxylic acids is 2. The van der Waals surface area contributed by atoms with Gasteiger partial charge in [0.25, 0.3) is 5.69 Å². The van der Waals surface area contributed by atoms with Gasteiger partial charge in [-0.25, -0.2) is 0 Å². The minimum absolute atomic E-state index is 0. The van der Waals surface area contributed by atoms with E-state index in [1.54, 1.807) is 7.05 Å². The summed E-state index contributed by atoms with van der Waals surface area (Å²) in [7, 11) is 1.58. The molecule has 0 radical (unpaired) electrons. The Bertz CT molecular complexity index is 725. The van der Waals surface area contributed by atoms with E-state index in [1.807, 2.05) is 0 Å². The van der Waals surface area contributed by atoms with Crippen LogP contribution < -0.4 is 34.7 Å². The molecule has 1 aromatic heterocycles. The molecule has 10 heteroatoms. The standard InChI is InChI=1S/C14H12N2O5.Na.2H2O/c1-15-11(8-13(17)18)6-7-12(15)14(19)9-2-4-10(5-3-9)16(20)21;;;/h2-7H,8H2,1H3,(H,17,18);;2*1H2/q;+1;;/p-1. The Hall–Kier alpha value is -2.04. The first-order chi connectivity index (χ1) is 9.90. The summed E-state index contributed by atoms with van der Waals surface area (Å²) in [5.41, 5.74) is 0.943. The summed E-state index contributed by atoms with van der Waals surface area (Å²) in [6, 6.07) is 8.28. The van der Waals surface area contributed by atoms with Gasteiger partial charge in [-0.15, -0.1) is 0 Å². The number of nitrogens with zero attached hydrogens (tertiary/aromatic N) is 2. The fraction of sp³-hybridized carbons (Fsp3) is 0.143. The molecule has 2 aromatic rings. The Balaban J connectivity index is 0. The predicted octanol–water partition coefficient (Wildman–Crippen LogP) is -4.19. The Kier molecular flexibility index (Phi) is 10.0. The van der Waals surface area contributed by atoms with Crippen LogP contribution in [0, 0.1) is 10.1 Å². The molecule has 0 aliphatic carbocycles. The molecule has 0 saturated carbocycles. The SMILES string of the molecule is Cn1c(CC(=O)[O-])ccc1C(=O)c1ccc([N+](=O)[O-])cc1.O.O.[Na+]. The number of rotatable bonds is 5. The average Bonchev–Trinajstić information content (AvgIpc) is 2.79. The molecule has 2 rings (SSSR count). The van der Waals surface area contributed by atoms with Crippen molar-refractivity contribution >= 4 is 17.4 Å². The number of nitro groups is 1. The smallest absolute Gasteiger partial charge is 0.550 e. The molecule has 4 N–H and O–H groups in total. The molecule has 0 amide bonds. The summed E-state index contributed by atoms with van der Waals surface area (Å²) < 4.78 is 1.47. The number of aliphatic carboxylic acids is 1. The maximum atomic E-state index is 12.3. The molecule has 0 unspecified atom stereocenters. The number of carboxylic acids is 1. The molecule has 0 spiro atoms. The van der Waals surface area contributed by atoms with Crippen LogP contribution in [0.5, 0.6) is 0 Å². The van der Waals surface area contributed by atoms with Crippen LogP contribution in [0.25, 0.3) is 0 Å². The van der Waals surface area contributed by atoms with Crippen LogP contribution >= 0.6 is 0 Å². The normalized spacial score (nSPS) is 9.04. The van der Waals surface area contributed by atoms with E-state index in [2.05, 4.69) is 0 Å². The molecule has 124 valence electrons. The molecule has 24 heavy (non-hydrogen) atoms. The van der Waals surface area contributed by atoms with Gasteiger partial charge in [0.2, 0.25) is 5.78 Å². The third-order valence-electron chi connectivity index (χ3n) is 3.12. The number of non-ortho nitro benzene ring substituents is 1. The predicted molar refractivity (Wildman–Crippen MR) is 77.9 cm³/mol. The number of benzene rings is 1. The van der Waals surface area contributed by atoms with E-state index in [1.165, 1.54) is 41.0 Å². The second kappa shape index (κ2) is 9.96. The van der Waals surface area contributed by atoms with E-state index < -0.39 is 10.9 Å². The molecule has 0 aliphatic heterocycles. The van der Waals surface area contributed by atoms with E-state index in [9.17, 15) is 24.8 Å². The maximum absolute atomic E-state index is 12.3. The molecule has 0 fully saturated rings. The van der Waals surface area contributed by atoms with Crippen molar-refractivity contribution in [3.8, 4) is 0 Å². The van der Waals surface area contributed by atoms with Crippen molar-refractivity contribution in [2.75, 3.05) is 0 Å². The quantitative estimate of drug-likeness (QED) is 0.231. The first-order valence-electron chi connectivity index (χ1n) is 6.03. The van der Waals surface area contributed by atoms with Gasteiger partial charge >= 0.3 is 29.6 Å². The van der Waals surface area contributed by atoms with Crippen molar-refractivity contribution in [1.82, 2.24) is 4.57 Å². The van der Waals surface area contributed by atoms with Gasteiger partial charge in [0.05, 0.1) is 10.6 Å². The van der Waals surface area contributed by atoms with Crippen molar-refractivity contribution in [2.24, 2.45) is 7.05 Å². The van der Waals surface area contributed by atoms with Crippen LogP contribution in [0.2, 0.25) is 0 Å². The van der Waals surface area contributed by atoms with Gasteiger partial charge in [-0.1, -0.05) is 0 Å². The van der Waals surface area contributed by atoms with E-state index in [-0.39, 0.29) is 58.4 Å². The van der Waals surface area contributed by atoms with Gasteiger partial charge in [-0.2, -0.15) is 0 Å². The molecule has 0 saturated heterocycles. The van der Waals surface area contributed by atoms with Crippen LogP contribution in [-0.2, 0) is 18.3 Å². The topological polar surface area (TPSA) is 168 Å². The number of nitro benzene ring substituents is 1. The zero-order valence-electron chi connectivity index (χ0n) is 13.1. The van der Waals surface area contributed by atoms with Crippen molar-refractivity contribution in [2.45, 2.75) is 6.42 Å². The Morgan fingerprint density at radius 3 is 2.08 bits per heavy atom. The second-order valence-electron chi connectivity index (χ2n) is 4.45. The average molecular weight is 346 g/mol. The number of hydrogen-bond donors (Lipinski definition) is 0. The third-order valence-corrected chi connectivity index (χ3v) is 3.12. The third kappa shape index (κ3) is 5.25. The molecule has 1 heterocycles. The Morgan fingerprint density at radius 1 is 1.08 bits per heavy atom. The molecule has 1 aromatic carbocycles. The molecule has 0 aliphatic rings. The van der Waals surface area contributed by atoms with E-state index in [0.29, 0.717) is 17.0 Å². The van der Waals surface area contributed by atoms with Crippen LogP contribution in [-0.4, -0.2) is 32.2 Å². The van der Waals surface area contributed by atoms with E-state index >= 15 is 0 Å². The molecule has 0 bridgehead atoms. The summed E-state index contributed by atoms with van der Waals surface area (Å²) in [6.07, 6.45) is -0.288. The number of hydrogen-bond acceptors (Lipinski definition) is 5. The first-order valence-corrected chi connectivity index (χ1v) is 6.03. The first kappa shape index (κ1) is 24.2. The fourth-order valence-corrected chi connectivity index (χ4v) is 1.99. The summed E-state index contributed by atoms with van der Waals surface area (Å²) in [5.74, 6) is -1.57. The van der Waals surface area contributed by atoms with Crippen molar-refractivity contribution < 1.29 is 60.1 Å². The maximum Gasteiger partial charge on any atom is 1.00 e. The largest absolute Gasteiger partial charge is 1.00 e. The van der Waals surface area contributed by atoms with Crippen LogP contribution in [0.4, 0.5) is 5.69 Å². The summed E-state index contributed by atoms with van der Waals surface area (Å²) >= 11 is 0. The van der Waals surface area contributed by atoms with Gasteiger partial charge in [-0.05, 0) is 24.3 Å². The van der Waals surface area contributed by atoms with E-state index in [0.717, 1.165) is 0 Å². The van der Waals surface area contributed by atoms with Gasteiger partial charge in [-0.3, -0.25) is 14.9 Å². The Morgan fingerprint density at radius 2 is 1.62 bits per heavy atom. The van der Waals surface area contributed by atoms with Gasteiger partial charge < -0.3 is 25.4 Å². The minimum Gasteiger partial charge on any atom is -0.550 e. The molecule has 0 atom stereocenters. The molecule has 9 nitrogen and oxygen atoms in total. The number of aromatic nitrogens is 1. The number of carboxylic acid groups (broad SMARTS) is 1. The summed E-state index contributed by atoms with van der Waals surface area (Å²) in [5, 5.41) is 21.2.